The number of aliphatic imine (C=N–C) groups is 1. The molecule has 25 heavy (non-hydrogen) atoms. The molecule has 2 saturated heterocycles. The minimum absolute atomic E-state index is 0. The van der Waals surface area contributed by atoms with Crippen molar-refractivity contribution in [1.82, 2.24) is 10.2 Å². The van der Waals surface area contributed by atoms with Crippen LogP contribution >= 0.6 is 24.0 Å². The maximum Gasteiger partial charge on any atom is 0.194 e. The average Bonchev–Trinajstić information content (AvgIpc) is 2.59. The molecule has 1 N–H and O–H groups in total. The van der Waals surface area contributed by atoms with E-state index in [1.54, 1.807) is 7.11 Å². The van der Waals surface area contributed by atoms with E-state index in [0.717, 1.165) is 38.8 Å². The Morgan fingerprint density at radius 2 is 2.12 bits per heavy atom. The number of halogens is 1. The number of rotatable bonds is 4. The second-order valence-corrected chi connectivity index (χ2v) is 7.73. The van der Waals surface area contributed by atoms with E-state index in [0.29, 0.717) is 24.7 Å². The Morgan fingerprint density at radius 1 is 1.32 bits per heavy atom. The van der Waals surface area contributed by atoms with Crippen molar-refractivity contribution in [3.05, 3.63) is 0 Å². The van der Waals surface area contributed by atoms with Gasteiger partial charge in [-0.15, -0.1) is 24.0 Å². The number of hydrogen-bond acceptors (Lipinski definition) is 4. The average molecular weight is 467 g/mol. The number of guanidine groups is 1. The lowest BCUT2D eigenvalue weighted by Gasteiger charge is -2.60. The molecule has 0 amide bonds. The molecule has 0 aromatic heterocycles. The molecule has 0 radical (unpaired) electrons. The van der Waals surface area contributed by atoms with Crippen LogP contribution in [0.5, 0.6) is 0 Å². The Morgan fingerprint density at radius 3 is 2.84 bits per heavy atom. The quantitative estimate of drug-likeness (QED) is 0.390. The molecule has 4 atom stereocenters. The van der Waals surface area contributed by atoms with Crippen LogP contribution in [-0.2, 0) is 14.2 Å². The molecule has 1 aliphatic carbocycles. The van der Waals surface area contributed by atoms with E-state index in [1.807, 2.05) is 0 Å². The highest BCUT2D eigenvalue weighted by Crippen LogP contribution is 2.51. The van der Waals surface area contributed by atoms with Gasteiger partial charge in [-0.25, -0.2) is 0 Å². The summed E-state index contributed by atoms with van der Waals surface area (Å²) in [5.74, 6) is 1.62. The van der Waals surface area contributed by atoms with Crippen LogP contribution in [0.15, 0.2) is 4.99 Å². The minimum Gasteiger partial charge on any atom is -0.382 e. The van der Waals surface area contributed by atoms with Crippen LogP contribution in [0.4, 0.5) is 0 Å². The first-order valence-corrected chi connectivity index (χ1v) is 9.36. The lowest BCUT2D eigenvalue weighted by Crippen LogP contribution is -2.71. The van der Waals surface area contributed by atoms with Crippen molar-refractivity contribution in [2.45, 2.75) is 51.9 Å². The molecular formula is C18H34IN3O3. The first-order valence-electron chi connectivity index (χ1n) is 9.36. The fraction of sp³-hybridized carbons (Fsp3) is 0.944. The van der Waals surface area contributed by atoms with Crippen LogP contribution in [0.25, 0.3) is 0 Å². The van der Waals surface area contributed by atoms with Crippen molar-refractivity contribution in [2.24, 2.45) is 16.3 Å². The highest BCUT2D eigenvalue weighted by atomic mass is 127. The van der Waals surface area contributed by atoms with Crippen molar-refractivity contribution < 1.29 is 14.2 Å². The molecule has 3 aliphatic rings. The Kier molecular flexibility index (Phi) is 7.79. The van der Waals surface area contributed by atoms with Gasteiger partial charge < -0.3 is 24.4 Å². The fourth-order valence-corrected chi connectivity index (χ4v) is 4.54. The lowest BCUT2D eigenvalue weighted by atomic mass is 9.55. The second-order valence-electron chi connectivity index (χ2n) is 7.73. The number of morpholine rings is 1. The predicted octanol–water partition coefficient (Wildman–Crippen LogP) is 2.12. The summed E-state index contributed by atoms with van der Waals surface area (Å²) in [6.07, 6.45) is 2.93. The first kappa shape index (κ1) is 21.2. The normalized spacial score (nSPS) is 34.6. The third-order valence-electron chi connectivity index (χ3n) is 5.71. The van der Waals surface area contributed by atoms with Crippen LogP contribution in [0.1, 0.15) is 33.6 Å². The van der Waals surface area contributed by atoms with Gasteiger partial charge in [-0.2, -0.15) is 0 Å². The molecule has 3 rings (SSSR count). The Balaban J connectivity index is 0.00000225. The number of ether oxygens (including phenoxy) is 3. The summed E-state index contributed by atoms with van der Waals surface area (Å²) in [6.45, 7) is 11.5. The first-order chi connectivity index (χ1) is 11.6. The topological polar surface area (TPSA) is 55.3 Å². The summed E-state index contributed by atoms with van der Waals surface area (Å²) in [5, 5.41) is 3.78. The van der Waals surface area contributed by atoms with Gasteiger partial charge >= 0.3 is 0 Å². The number of methoxy groups -OCH3 is 1. The molecule has 0 aromatic carbocycles. The van der Waals surface area contributed by atoms with E-state index in [9.17, 15) is 0 Å². The molecule has 0 aromatic rings. The van der Waals surface area contributed by atoms with Gasteiger partial charge in [-0.1, -0.05) is 13.8 Å². The molecule has 3 fully saturated rings. The van der Waals surface area contributed by atoms with Gasteiger partial charge in [0.1, 0.15) is 0 Å². The van der Waals surface area contributed by atoms with Gasteiger partial charge in [0.05, 0.1) is 25.4 Å². The van der Waals surface area contributed by atoms with Crippen LogP contribution < -0.4 is 5.32 Å². The van der Waals surface area contributed by atoms with E-state index in [1.165, 1.54) is 12.8 Å². The fourth-order valence-electron chi connectivity index (χ4n) is 4.54. The predicted molar refractivity (Wildman–Crippen MR) is 110 cm³/mol. The summed E-state index contributed by atoms with van der Waals surface area (Å²) < 4.78 is 17.1. The highest BCUT2D eigenvalue weighted by molar-refractivity contribution is 14.0. The summed E-state index contributed by atoms with van der Waals surface area (Å²) in [7, 11) is 1.72. The minimum atomic E-state index is 0. The summed E-state index contributed by atoms with van der Waals surface area (Å²) >= 11 is 0. The standard InChI is InChI=1S/C18H33N3O3.HI/c1-5-19-17(21-8-10-23-13(11-21)12-22-4)20-15-14-7-6-9-24-16(14)18(15,2)3;/h13-16H,5-12H2,1-4H3,(H,19,20);1H. The van der Waals surface area contributed by atoms with Crippen molar-refractivity contribution >= 4 is 29.9 Å². The molecule has 2 heterocycles. The maximum absolute atomic E-state index is 6.03. The highest BCUT2D eigenvalue weighted by Gasteiger charge is 2.58. The zero-order chi connectivity index (χ0) is 17.2. The number of nitrogens with zero attached hydrogens (tertiary/aromatic N) is 2. The zero-order valence-electron chi connectivity index (χ0n) is 16.0. The third kappa shape index (κ3) is 4.42. The third-order valence-corrected chi connectivity index (χ3v) is 5.71. The van der Waals surface area contributed by atoms with E-state index in [2.05, 4.69) is 31.0 Å². The zero-order valence-corrected chi connectivity index (χ0v) is 18.3. The second kappa shape index (κ2) is 9.19. The van der Waals surface area contributed by atoms with E-state index in [-0.39, 0.29) is 35.5 Å². The molecule has 4 unspecified atom stereocenters. The largest absolute Gasteiger partial charge is 0.382 e. The van der Waals surface area contributed by atoms with Crippen LogP contribution in [-0.4, -0.2) is 75.7 Å². The van der Waals surface area contributed by atoms with Crippen LogP contribution in [0.2, 0.25) is 0 Å². The van der Waals surface area contributed by atoms with Gasteiger partial charge in [-0.3, -0.25) is 4.99 Å². The summed E-state index contributed by atoms with van der Waals surface area (Å²) in [5.41, 5.74) is 0.151. The van der Waals surface area contributed by atoms with Crippen molar-refractivity contribution in [1.29, 1.82) is 0 Å². The smallest absolute Gasteiger partial charge is 0.194 e. The summed E-state index contributed by atoms with van der Waals surface area (Å²) in [4.78, 5) is 7.08. The molecule has 146 valence electrons. The Hall–Kier alpha value is -0.120. The van der Waals surface area contributed by atoms with E-state index < -0.39 is 0 Å². The summed E-state index contributed by atoms with van der Waals surface area (Å²) in [6, 6.07) is 0.428. The maximum atomic E-state index is 6.03. The van der Waals surface area contributed by atoms with Gasteiger partial charge in [0.15, 0.2) is 5.96 Å². The molecule has 0 bridgehead atoms. The van der Waals surface area contributed by atoms with Crippen molar-refractivity contribution in [3.8, 4) is 0 Å². The van der Waals surface area contributed by atoms with Gasteiger partial charge in [-0.05, 0) is 19.8 Å². The molecule has 2 aliphatic heterocycles. The van der Waals surface area contributed by atoms with Gasteiger partial charge in [0, 0.05) is 50.7 Å². The van der Waals surface area contributed by atoms with Crippen LogP contribution in [0, 0.1) is 11.3 Å². The molecular weight excluding hydrogens is 433 g/mol. The van der Waals surface area contributed by atoms with E-state index in [4.69, 9.17) is 19.2 Å². The number of hydrogen-bond donors (Lipinski definition) is 1. The monoisotopic (exact) mass is 467 g/mol. The van der Waals surface area contributed by atoms with Crippen molar-refractivity contribution in [2.75, 3.05) is 46.6 Å². The molecule has 0 spiro atoms. The van der Waals surface area contributed by atoms with Crippen LogP contribution in [0.3, 0.4) is 0 Å². The van der Waals surface area contributed by atoms with Gasteiger partial charge in [0.25, 0.3) is 0 Å². The lowest BCUT2D eigenvalue weighted by molar-refractivity contribution is -0.189. The van der Waals surface area contributed by atoms with Crippen molar-refractivity contribution in [3.63, 3.8) is 0 Å². The number of nitrogens with one attached hydrogen (secondary N) is 1. The van der Waals surface area contributed by atoms with Gasteiger partial charge in [0.2, 0.25) is 0 Å². The molecule has 6 nitrogen and oxygen atoms in total. The SMILES string of the molecule is CCN=C(NC1C2CCCOC2C1(C)C)N1CCOC(COC)C1.I. The van der Waals surface area contributed by atoms with E-state index >= 15 is 0 Å². The number of fused-ring (bicyclic) bond motifs is 1. The molecule has 7 heteroatoms. The Bertz CT molecular complexity index is 459. The molecule has 1 saturated carbocycles. The Labute approximate surface area is 169 Å².